The quantitative estimate of drug-likeness (QED) is 0.702. The van der Waals surface area contributed by atoms with Crippen LogP contribution in [0.15, 0.2) is 29.6 Å². The van der Waals surface area contributed by atoms with Crippen molar-refractivity contribution in [3.63, 3.8) is 0 Å². The smallest absolute Gasteiger partial charge is 0.268 e. The van der Waals surface area contributed by atoms with Crippen LogP contribution < -0.4 is 20.3 Å². The van der Waals surface area contributed by atoms with Crippen LogP contribution in [-0.4, -0.2) is 49.1 Å². The molecule has 1 aromatic heterocycles. The van der Waals surface area contributed by atoms with E-state index in [1.54, 1.807) is 18.2 Å². The minimum Gasteiger partial charge on any atom is -0.506 e. The van der Waals surface area contributed by atoms with Crippen LogP contribution in [0.4, 0.5) is 0 Å². The van der Waals surface area contributed by atoms with Gasteiger partial charge in [-0.1, -0.05) is 6.08 Å². The van der Waals surface area contributed by atoms with E-state index in [9.17, 15) is 14.7 Å². The molecule has 28 heavy (non-hydrogen) atoms. The Morgan fingerprint density at radius 3 is 2.71 bits per heavy atom. The molecule has 2 aromatic rings. The summed E-state index contributed by atoms with van der Waals surface area (Å²) in [6.45, 7) is 4.78. The van der Waals surface area contributed by atoms with Crippen LogP contribution >= 0.6 is 0 Å². The molecule has 1 saturated heterocycles. The van der Waals surface area contributed by atoms with Gasteiger partial charge in [0.05, 0.1) is 25.8 Å². The van der Waals surface area contributed by atoms with Crippen molar-refractivity contribution < 1.29 is 24.1 Å². The number of carbonyl (C=O) groups excluding carboxylic acids is 1. The van der Waals surface area contributed by atoms with E-state index in [1.165, 1.54) is 18.8 Å². The molecule has 3 rings (SSSR count). The summed E-state index contributed by atoms with van der Waals surface area (Å²) in [6.07, 6.45) is 3.26. The molecule has 1 aliphatic rings. The van der Waals surface area contributed by atoms with Crippen molar-refractivity contribution in [2.75, 3.05) is 27.4 Å². The highest BCUT2D eigenvalue weighted by molar-refractivity contribution is 6.03. The maximum Gasteiger partial charge on any atom is 0.268 e. The molecule has 0 saturated carbocycles. The van der Waals surface area contributed by atoms with Gasteiger partial charge in [0.25, 0.3) is 11.5 Å². The van der Waals surface area contributed by atoms with Crippen LogP contribution in [0.2, 0.25) is 0 Å². The van der Waals surface area contributed by atoms with E-state index < -0.39 is 17.2 Å². The van der Waals surface area contributed by atoms with E-state index in [0.29, 0.717) is 29.0 Å². The van der Waals surface area contributed by atoms with Gasteiger partial charge in [0.2, 0.25) is 0 Å². The molecule has 0 radical (unpaired) electrons. The average molecular weight is 388 g/mol. The van der Waals surface area contributed by atoms with E-state index in [2.05, 4.69) is 11.9 Å². The van der Waals surface area contributed by atoms with Crippen molar-refractivity contribution in [1.29, 1.82) is 0 Å². The zero-order valence-corrected chi connectivity index (χ0v) is 16.0. The number of nitrogens with one attached hydrogen (secondary N) is 1. The summed E-state index contributed by atoms with van der Waals surface area (Å²) in [7, 11) is 2.95. The van der Waals surface area contributed by atoms with Gasteiger partial charge >= 0.3 is 0 Å². The highest BCUT2D eigenvalue weighted by atomic mass is 16.5. The lowest BCUT2D eigenvalue weighted by Crippen LogP contribution is -2.37. The predicted octanol–water partition coefficient (Wildman–Crippen LogP) is 1.82. The minimum absolute atomic E-state index is 0.0775. The number of fused-ring (bicyclic) bond motifs is 1. The van der Waals surface area contributed by atoms with Gasteiger partial charge in [-0.2, -0.15) is 0 Å². The van der Waals surface area contributed by atoms with Crippen molar-refractivity contribution in [2.24, 2.45) is 0 Å². The molecule has 1 aliphatic heterocycles. The van der Waals surface area contributed by atoms with Crippen LogP contribution in [-0.2, 0) is 11.3 Å². The maximum absolute atomic E-state index is 13.0. The van der Waals surface area contributed by atoms with Gasteiger partial charge in [-0.15, -0.1) is 6.58 Å². The summed E-state index contributed by atoms with van der Waals surface area (Å²) < 4.78 is 17.4. The molecule has 0 bridgehead atoms. The summed E-state index contributed by atoms with van der Waals surface area (Å²) in [5, 5.41) is 13.7. The second-order valence-corrected chi connectivity index (χ2v) is 6.50. The molecule has 8 nitrogen and oxygen atoms in total. The highest BCUT2D eigenvalue weighted by Crippen LogP contribution is 2.36. The van der Waals surface area contributed by atoms with Gasteiger partial charge in [-0.05, 0) is 18.9 Å². The largest absolute Gasteiger partial charge is 0.506 e. The topological polar surface area (TPSA) is 99.0 Å². The van der Waals surface area contributed by atoms with Gasteiger partial charge in [0, 0.05) is 31.1 Å². The predicted molar refractivity (Wildman–Crippen MR) is 104 cm³/mol. The number of ether oxygens (including phenoxy) is 3. The fourth-order valence-electron chi connectivity index (χ4n) is 3.38. The number of benzene rings is 1. The lowest BCUT2D eigenvalue weighted by atomic mass is 10.1. The number of aromatic hydroxyl groups is 1. The molecule has 150 valence electrons. The number of aromatic nitrogens is 1. The fourth-order valence-corrected chi connectivity index (χ4v) is 3.38. The number of rotatable bonds is 7. The molecule has 8 heteroatoms. The Labute approximate surface area is 162 Å². The monoisotopic (exact) mass is 388 g/mol. The Balaban J connectivity index is 2.12. The number of hydrogen-bond donors (Lipinski definition) is 2. The molecule has 0 spiro atoms. The van der Waals surface area contributed by atoms with Crippen LogP contribution in [0.25, 0.3) is 10.9 Å². The van der Waals surface area contributed by atoms with Crippen LogP contribution in [0.5, 0.6) is 17.2 Å². The van der Waals surface area contributed by atoms with Crippen molar-refractivity contribution >= 4 is 16.8 Å². The first-order valence-corrected chi connectivity index (χ1v) is 9.04. The maximum atomic E-state index is 13.0. The molecule has 1 fully saturated rings. The normalized spacial score (nSPS) is 16.1. The number of carbonyl (C=O) groups is 1. The highest BCUT2D eigenvalue weighted by Gasteiger charge is 2.25. The first kappa shape index (κ1) is 19.8. The van der Waals surface area contributed by atoms with E-state index in [4.69, 9.17) is 14.2 Å². The summed E-state index contributed by atoms with van der Waals surface area (Å²) in [5.74, 6) is -0.263. The molecule has 1 atom stereocenters. The van der Waals surface area contributed by atoms with Gasteiger partial charge in [-0.3, -0.25) is 9.59 Å². The summed E-state index contributed by atoms with van der Waals surface area (Å²) in [6, 6.07) is 3.13. The lowest BCUT2D eigenvalue weighted by molar-refractivity contribution is 0.0854. The number of nitrogens with zero attached hydrogens (tertiary/aromatic N) is 1. The zero-order chi connectivity index (χ0) is 20.3. The second kappa shape index (κ2) is 8.35. The molecular formula is C20H24N2O6. The van der Waals surface area contributed by atoms with Crippen molar-refractivity contribution in [3.8, 4) is 17.2 Å². The third kappa shape index (κ3) is 3.55. The second-order valence-electron chi connectivity index (χ2n) is 6.50. The number of hydrogen-bond acceptors (Lipinski definition) is 6. The van der Waals surface area contributed by atoms with Crippen molar-refractivity contribution in [2.45, 2.75) is 25.5 Å². The minimum atomic E-state index is -0.646. The van der Waals surface area contributed by atoms with Crippen LogP contribution in [0, 0.1) is 0 Å². The lowest BCUT2D eigenvalue weighted by Gasteiger charge is -2.17. The van der Waals surface area contributed by atoms with E-state index >= 15 is 0 Å². The van der Waals surface area contributed by atoms with Crippen molar-refractivity contribution in [1.82, 2.24) is 9.88 Å². The molecule has 0 aliphatic carbocycles. The average Bonchev–Trinajstić information content (AvgIpc) is 3.22. The van der Waals surface area contributed by atoms with Gasteiger partial charge in [-0.25, -0.2) is 0 Å². The Kier molecular flexibility index (Phi) is 5.89. The summed E-state index contributed by atoms with van der Waals surface area (Å²) >= 11 is 0. The number of allylic oxidation sites excluding steroid dienone is 1. The fraction of sp³-hybridized carbons (Fsp3) is 0.400. The SMILES string of the molecule is C=CCn1c(=O)c(C(=O)NC[C@@H]2CCCO2)c(O)c2cc(OC)c(OC)cc21. The molecule has 2 heterocycles. The van der Waals surface area contributed by atoms with Crippen LogP contribution in [0.1, 0.15) is 23.2 Å². The Morgan fingerprint density at radius 1 is 1.39 bits per heavy atom. The number of pyridine rings is 1. The van der Waals surface area contributed by atoms with Gasteiger partial charge in [0.1, 0.15) is 11.3 Å². The molecule has 1 amide bonds. The first-order chi connectivity index (χ1) is 13.5. The third-order valence-corrected chi connectivity index (χ3v) is 4.80. The number of methoxy groups -OCH3 is 2. The standard InChI is InChI=1S/C20H24N2O6/c1-4-7-22-14-10-16(27-3)15(26-2)9-13(14)18(23)17(20(22)25)19(24)21-11-12-6-5-8-28-12/h4,9-10,12,23H,1,5-8,11H2,2-3H3,(H,21,24)/t12-/m0/s1. The van der Waals surface area contributed by atoms with E-state index in [-0.39, 0.29) is 24.8 Å². The Hall–Kier alpha value is -3.00. The van der Waals surface area contributed by atoms with Crippen LogP contribution in [0.3, 0.4) is 0 Å². The van der Waals surface area contributed by atoms with E-state index in [0.717, 1.165) is 12.8 Å². The van der Waals surface area contributed by atoms with Gasteiger partial charge in [0.15, 0.2) is 11.5 Å². The Morgan fingerprint density at radius 2 is 2.11 bits per heavy atom. The van der Waals surface area contributed by atoms with Crippen molar-refractivity contribution in [3.05, 3.63) is 40.7 Å². The van der Waals surface area contributed by atoms with E-state index in [1.807, 2.05) is 0 Å². The molecule has 0 unspecified atom stereocenters. The summed E-state index contributed by atoms with van der Waals surface area (Å²) in [4.78, 5) is 25.7. The third-order valence-electron chi connectivity index (χ3n) is 4.80. The molecule has 2 N–H and O–H groups in total. The molecular weight excluding hydrogens is 364 g/mol. The molecule has 1 aromatic carbocycles. The Bertz CT molecular complexity index is 960. The van der Waals surface area contributed by atoms with Gasteiger partial charge < -0.3 is 29.2 Å². The first-order valence-electron chi connectivity index (χ1n) is 9.04. The summed E-state index contributed by atoms with van der Waals surface area (Å²) in [5.41, 5.74) is -0.516. The number of amides is 1. The zero-order valence-electron chi connectivity index (χ0n) is 16.0.